The van der Waals surface area contributed by atoms with Crippen LogP contribution in [0.25, 0.3) is 0 Å². The summed E-state index contributed by atoms with van der Waals surface area (Å²) in [6.45, 7) is 3.25. The molecule has 0 aromatic carbocycles. The molecular weight excluding hydrogens is 156 g/mol. The van der Waals surface area contributed by atoms with Crippen LogP contribution in [0, 0.1) is 0 Å². The maximum atomic E-state index is 11.1. The molecule has 0 spiro atoms. The monoisotopic (exact) mass is 170 g/mol. The maximum absolute atomic E-state index is 11.1. The number of hydrogen-bond acceptors (Lipinski definition) is 2. The van der Waals surface area contributed by atoms with Gasteiger partial charge in [-0.3, -0.25) is 0 Å². The molecule has 2 amide bonds. The van der Waals surface area contributed by atoms with Gasteiger partial charge in [0.05, 0.1) is 6.10 Å². The van der Waals surface area contributed by atoms with E-state index >= 15 is 0 Å². The highest BCUT2D eigenvalue weighted by atomic mass is 16.5. The van der Waals surface area contributed by atoms with E-state index in [0.29, 0.717) is 0 Å². The first-order valence-corrected chi connectivity index (χ1v) is 4.50. The van der Waals surface area contributed by atoms with Crippen molar-refractivity contribution in [3.8, 4) is 0 Å². The third kappa shape index (κ3) is 1.53. The third-order valence-corrected chi connectivity index (χ3v) is 2.39. The van der Waals surface area contributed by atoms with Crippen LogP contribution in [0.2, 0.25) is 0 Å². The molecule has 1 atom stereocenters. The van der Waals surface area contributed by atoms with Gasteiger partial charge < -0.3 is 15.0 Å². The maximum Gasteiger partial charge on any atom is 0.317 e. The zero-order valence-corrected chi connectivity index (χ0v) is 7.08. The van der Waals surface area contributed by atoms with Crippen molar-refractivity contribution in [2.24, 2.45) is 0 Å². The van der Waals surface area contributed by atoms with Crippen LogP contribution in [0.1, 0.15) is 12.8 Å². The highest BCUT2D eigenvalue weighted by Crippen LogP contribution is 2.13. The molecule has 1 unspecified atom stereocenters. The van der Waals surface area contributed by atoms with Crippen LogP contribution in [-0.2, 0) is 4.74 Å². The lowest BCUT2D eigenvalue weighted by atomic mass is 10.2. The van der Waals surface area contributed by atoms with Crippen molar-refractivity contribution in [1.29, 1.82) is 0 Å². The van der Waals surface area contributed by atoms with Crippen molar-refractivity contribution < 1.29 is 9.53 Å². The molecule has 2 heterocycles. The highest BCUT2D eigenvalue weighted by Gasteiger charge is 2.25. The van der Waals surface area contributed by atoms with Crippen LogP contribution >= 0.6 is 0 Å². The summed E-state index contributed by atoms with van der Waals surface area (Å²) >= 11 is 0. The molecular formula is C8H14N2O2. The van der Waals surface area contributed by atoms with Gasteiger partial charge in [-0.15, -0.1) is 0 Å². The van der Waals surface area contributed by atoms with E-state index in [1.54, 1.807) is 0 Å². The van der Waals surface area contributed by atoms with Crippen LogP contribution in [0.4, 0.5) is 4.79 Å². The predicted octanol–water partition coefficient (Wildman–Crippen LogP) is 0.191. The molecule has 2 rings (SSSR count). The highest BCUT2D eigenvalue weighted by molar-refractivity contribution is 5.76. The Kier molecular flexibility index (Phi) is 2.17. The number of rotatable bonds is 2. The molecule has 0 radical (unpaired) electrons. The molecule has 0 aliphatic carbocycles. The fourth-order valence-electron chi connectivity index (χ4n) is 1.72. The number of nitrogens with one attached hydrogen (secondary N) is 1. The Morgan fingerprint density at radius 2 is 2.58 bits per heavy atom. The fourth-order valence-corrected chi connectivity index (χ4v) is 1.72. The average Bonchev–Trinajstić information content (AvgIpc) is 2.65. The van der Waals surface area contributed by atoms with Gasteiger partial charge in [-0.1, -0.05) is 0 Å². The minimum Gasteiger partial charge on any atom is -0.376 e. The summed E-state index contributed by atoms with van der Waals surface area (Å²) in [6, 6.07) is 0.0606. The molecule has 2 saturated heterocycles. The number of carbonyl (C=O) groups excluding carboxylic acids is 1. The largest absolute Gasteiger partial charge is 0.376 e. The quantitative estimate of drug-likeness (QED) is 0.642. The first-order valence-electron chi connectivity index (χ1n) is 4.50. The molecule has 4 heteroatoms. The SMILES string of the molecule is O=C1NCCN1CC1CCCO1. The van der Waals surface area contributed by atoms with Gasteiger partial charge in [0.25, 0.3) is 0 Å². The zero-order chi connectivity index (χ0) is 8.39. The summed E-state index contributed by atoms with van der Waals surface area (Å²) in [4.78, 5) is 13.0. The summed E-state index contributed by atoms with van der Waals surface area (Å²) in [5, 5.41) is 2.77. The van der Waals surface area contributed by atoms with Crippen LogP contribution in [-0.4, -0.2) is 43.3 Å². The first kappa shape index (κ1) is 7.86. The lowest BCUT2D eigenvalue weighted by molar-refractivity contribution is 0.0871. The first-order chi connectivity index (χ1) is 5.86. The van der Waals surface area contributed by atoms with Gasteiger partial charge in [0, 0.05) is 26.2 Å². The van der Waals surface area contributed by atoms with Gasteiger partial charge in [0.2, 0.25) is 0 Å². The second-order valence-corrected chi connectivity index (χ2v) is 3.31. The molecule has 0 aromatic rings. The summed E-state index contributed by atoms with van der Waals surface area (Å²) in [5.74, 6) is 0. The van der Waals surface area contributed by atoms with E-state index in [4.69, 9.17) is 4.74 Å². The van der Waals surface area contributed by atoms with Crippen LogP contribution in [0.3, 0.4) is 0 Å². The lowest BCUT2D eigenvalue weighted by Crippen LogP contribution is -2.34. The summed E-state index contributed by atoms with van der Waals surface area (Å²) in [5.41, 5.74) is 0. The average molecular weight is 170 g/mol. The lowest BCUT2D eigenvalue weighted by Gasteiger charge is -2.18. The van der Waals surface area contributed by atoms with Crippen molar-refractivity contribution in [2.75, 3.05) is 26.2 Å². The van der Waals surface area contributed by atoms with E-state index in [-0.39, 0.29) is 12.1 Å². The second-order valence-electron chi connectivity index (χ2n) is 3.31. The number of urea groups is 1. The number of amides is 2. The van der Waals surface area contributed by atoms with Crippen LogP contribution < -0.4 is 5.32 Å². The summed E-state index contributed by atoms with van der Waals surface area (Å²) in [7, 11) is 0. The van der Waals surface area contributed by atoms with Crippen molar-refractivity contribution >= 4 is 6.03 Å². The molecule has 0 bridgehead atoms. The Morgan fingerprint density at radius 1 is 1.67 bits per heavy atom. The fraction of sp³-hybridized carbons (Fsp3) is 0.875. The van der Waals surface area contributed by atoms with E-state index in [1.165, 1.54) is 0 Å². The topological polar surface area (TPSA) is 41.6 Å². The Labute approximate surface area is 71.9 Å². The van der Waals surface area contributed by atoms with E-state index in [1.807, 2.05) is 4.90 Å². The minimum atomic E-state index is 0.0606. The number of carbonyl (C=O) groups is 1. The molecule has 12 heavy (non-hydrogen) atoms. The normalized spacial score (nSPS) is 29.5. The summed E-state index contributed by atoms with van der Waals surface area (Å²) < 4.78 is 5.44. The van der Waals surface area contributed by atoms with Gasteiger partial charge in [-0.2, -0.15) is 0 Å². The molecule has 2 aliphatic rings. The predicted molar refractivity (Wildman–Crippen MR) is 43.9 cm³/mol. The van der Waals surface area contributed by atoms with Crippen LogP contribution in [0.5, 0.6) is 0 Å². The van der Waals surface area contributed by atoms with Crippen molar-refractivity contribution in [3.05, 3.63) is 0 Å². The Morgan fingerprint density at radius 3 is 3.17 bits per heavy atom. The van der Waals surface area contributed by atoms with Crippen LogP contribution in [0.15, 0.2) is 0 Å². The van der Waals surface area contributed by atoms with E-state index in [0.717, 1.165) is 39.1 Å². The van der Waals surface area contributed by atoms with Gasteiger partial charge in [0.1, 0.15) is 0 Å². The van der Waals surface area contributed by atoms with Crippen molar-refractivity contribution in [1.82, 2.24) is 10.2 Å². The van der Waals surface area contributed by atoms with Crippen molar-refractivity contribution in [2.45, 2.75) is 18.9 Å². The minimum absolute atomic E-state index is 0.0606. The second kappa shape index (κ2) is 3.31. The van der Waals surface area contributed by atoms with Gasteiger partial charge in [-0.05, 0) is 12.8 Å². The Bertz CT molecular complexity index is 178. The van der Waals surface area contributed by atoms with Gasteiger partial charge >= 0.3 is 6.03 Å². The number of nitrogens with zero attached hydrogens (tertiary/aromatic N) is 1. The smallest absolute Gasteiger partial charge is 0.317 e. The Balaban J connectivity index is 1.81. The molecule has 4 nitrogen and oxygen atoms in total. The number of ether oxygens (including phenoxy) is 1. The summed E-state index contributed by atoms with van der Waals surface area (Å²) in [6.07, 6.45) is 2.53. The molecule has 68 valence electrons. The van der Waals surface area contributed by atoms with E-state index < -0.39 is 0 Å². The molecule has 0 aromatic heterocycles. The molecule has 2 aliphatic heterocycles. The Hall–Kier alpha value is -0.770. The van der Waals surface area contributed by atoms with Gasteiger partial charge in [0.15, 0.2) is 0 Å². The molecule has 0 saturated carbocycles. The van der Waals surface area contributed by atoms with Gasteiger partial charge in [-0.25, -0.2) is 4.79 Å². The third-order valence-electron chi connectivity index (χ3n) is 2.39. The number of hydrogen-bond donors (Lipinski definition) is 1. The van der Waals surface area contributed by atoms with E-state index in [2.05, 4.69) is 5.32 Å². The van der Waals surface area contributed by atoms with E-state index in [9.17, 15) is 4.79 Å². The molecule has 1 N–H and O–H groups in total. The van der Waals surface area contributed by atoms with Crippen molar-refractivity contribution in [3.63, 3.8) is 0 Å². The molecule has 2 fully saturated rings. The standard InChI is InChI=1S/C8H14N2O2/c11-8-9-3-4-10(8)6-7-2-1-5-12-7/h7H,1-6H2,(H,9,11). The zero-order valence-electron chi connectivity index (χ0n) is 7.08.